The number of benzene rings is 1. The van der Waals surface area contributed by atoms with Crippen LogP contribution in [0.2, 0.25) is 0 Å². The molecule has 1 atom stereocenters. The number of halogens is 1. The van der Waals surface area contributed by atoms with Gasteiger partial charge in [0, 0.05) is 21.0 Å². The molecule has 1 aliphatic rings. The third kappa shape index (κ3) is 2.69. The van der Waals surface area contributed by atoms with Gasteiger partial charge in [-0.25, -0.2) is 4.98 Å². The first-order chi connectivity index (χ1) is 9.69. The van der Waals surface area contributed by atoms with Crippen LogP contribution in [0.4, 0.5) is 0 Å². The number of nitrogens with one attached hydrogen (secondary N) is 1. The van der Waals surface area contributed by atoms with Gasteiger partial charge in [-0.1, -0.05) is 35.0 Å². The Morgan fingerprint density at radius 1 is 1.45 bits per heavy atom. The van der Waals surface area contributed by atoms with Crippen molar-refractivity contribution in [3.63, 3.8) is 0 Å². The quantitative estimate of drug-likeness (QED) is 0.854. The van der Waals surface area contributed by atoms with Crippen LogP contribution in [-0.4, -0.2) is 11.5 Å². The lowest BCUT2D eigenvalue weighted by Gasteiger charge is -2.21. The molecule has 1 aromatic heterocycles. The molecule has 0 aliphatic heterocycles. The highest BCUT2D eigenvalue weighted by Gasteiger charge is 2.24. The fourth-order valence-corrected chi connectivity index (χ4v) is 4.31. The van der Waals surface area contributed by atoms with Crippen LogP contribution < -0.4 is 5.32 Å². The number of fused-ring (bicyclic) bond motifs is 1. The Bertz CT molecular complexity index is 621. The number of aromatic nitrogens is 1. The zero-order valence-electron chi connectivity index (χ0n) is 11.9. The maximum absolute atomic E-state index is 4.88. The molecule has 1 N–H and O–H groups in total. The fourth-order valence-electron chi connectivity index (χ4n) is 2.71. The lowest BCUT2D eigenvalue weighted by atomic mass is 9.98. The van der Waals surface area contributed by atoms with E-state index in [1.165, 1.54) is 34.5 Å². The molecule has 106 valence electrons. The van der Waals surface area contributed by atoms with E-state index in [0.29, 0.717) is 6.04 Å². The van der Waals surface area contributed by atoms with Crippen LogP contribution in [0.25, 0.3) is 10.6 Å². The van der Waals surface area contributed by atoms with Gasteiger partial charge in [-0.3, -0.25) is 0 Å². The Labute approximate surface area is 132 Å². The van der Waals surface area contributed by atoms with Crippen molar-refractivity contribution < 1.29 is 0 Å². The molecule has 0 radical (unpaired) electrons. The number of rotatable bonds is 3. The third-order valence-electron chi connectivity index (χ3n) is 3.82. The molecule has 4 heteroatoms. The monoisotopic (exact) mass is 350 g/mol. The number of nitrogens with zero attached hydrogens (tertiary/aromatic N) is 1. The third-order valence-corrected chi connectivity index (χ3v) is 5.93. The van der Waals surface area contributed by atoms with Gasteiger partial charge >= 0.3 is 0 Å². The van der Waals surface area contributed by atoms with Crippen molar-refractivity contribution in [2.24, 2.45) is 0 Å². The lowest BCUT2D eigenvalue weighted by Crippen LogP contribution is -2.23. The van der Waals surface area contributed by atoms with Crippen molar-refractivity contribution in [2.75, 3.05) is 6.54 Å². The summed E-state index contributed by atoms with van der Waals surface area (Å²) in [4.78, 5) is 6.33. The van der Waals surface area contributed by atoms with Crippen LogP contribution >= 0.6 is 27.3 Å². The lowest BCUT2D eigenvalue weighted by molar-refractivity contribution is 0.476. The van der Waals surface area contributed by atoms with Crippen LogP contribution in [0.15, 0.2) is 22.7 Å². The average molecular weight is 351 g/mol. The topological polar surface area (TPSA) is 24.9 Å². The van der Waals surface area contributed by atoms with Crippen LogP contribution in [0, 0.1) is 6.92 Å². The Kier molecular flexibility index (Phi) is 4.24. The summed E-state index contributed by atoms with van der Waals surface area (Å²) in [5.41, 5.74) is 3.79. The average Bonchev–Trinajstić information content (AvgIpc) is 2.87. The van der Waals surface area contributed by atoms with E-state index in [9.17, 15) is 0 Å². The first-order valence-electron chi connectivity index (χ1n) is 7.18. The van der Waals surface area contributed by atoms with E-state index < -0.39 is 0 Å². The van der Waals surface area contributed by atoms with Crippen molar-refractivity contribution in [1.82, 2.24) is 10.3 Å². The van der Waals surface area contributed by atoms with Crippen molar-refractivity contribution >= 4 is 27.3 Å². The maximum atomic E-state index is 4.88. The predicted molar refractivity (Wildman–Crippen MR) is 89.3 cm³/mol. The molecule has 0 amide bonds. The van der Waals surface area contributed by atoms with Crippen LogP contribution in [-0.2, 0) is 6.42 Å². The molecule has 1 heterocycles. The van der Waals surface area contributed by atoms with Crippen LogP contribution in [0.1, 0.15) is 41.9 Å². The summed E-state index contributed by atoms with van der Waals surface area (Å²) in [6.45, 7) is 5.31. The molecule has 1 aromatic carbocycles. The maximum Gasteiger partial charge on any atom is 0.123 e. The number of aryl methyl sites for hydroxylation is 2. The summed E-state index contributed by atoms with van der Waals surface area (Å²) in [6, 6.07) is 7.01. The molecule has 0 spiro atoms. The summed E-state index contributed by atoms with van der Waals surface area (Å²) < 4.78 is 1.16. The SMILES string of the molecule is CCNC1CCCc2nc(-c3ccc(C)c(Br)c3)sc21. The van der Waals surface area contributed by atoms with Crippen LogP contribution in [0.5, 0.6) is 0 Å². The van der Waals surface area contributed by atoms with Crippen molar-refractivity contribution in [2.45, 2.75) is 39.2 Å². The summed E-state index contributed by atoms with van der Waals surface area (Å²) in [6.07, 6.45) is 3.60. The second-order valence-electron chi connectivity index (χ2n) is 5.30. The van der Waals surface area contributed by atoms with Gasteiger partial charge < -0.3 is 5.32 Å². The van der Waals surface area contributed by atoms with Gasteiger partial charge in [0.05, 0.1) is 5.69 Å². The molecule has 1 aliphatic carbocycles. The van der Waals surface area contributed by atoms with Gasteiger partial charge in [0.2, 0.25) is 0 Å². The van der Waals surface area contributed by atoms with E-state index in [4.69, 9.17) is 4.98 Å². The summed E-state index contributed by atoms with van der Waals surface area (Å²) >= 11 is 5.47. The first kappa shape index (κ1) is 14.2. The largest absolute Gasteiger partial charge is 0.309 e. The van der Waals surface area contributed by atoms with Gasteiger partial charge in [0.15, 0.2) is 0 Å². The smallest absolute Gasteiger partial charge is 0.123 e. The zero-order valence-corrected chi connectivity index (χ0v) is 14.3. The van der Waals surface area contributed by atoms with Crippen LogP contribution in [0.3, 0.4) is 0 Å². The first-order valence-corrected chi connectivity index (χ1v) is 8.79. The highest BCUT2D eigenvalue weighted by molar-refractivity contribution is 9.10. The Morgan fingerprint density at radius 2 is 2.30 bits per heavy atom. The molecular formula is C16H19BrN2S. The Balaban J connectivity index is 1.97. The van der Waals surface area contributed by atoms with E-state index in [-0.39, 0.29) is 0 Å². The second-order valence-corrected chi connectivity index (χ2v) is 7.18. The summed E-state index contributed by atoms with van der Waals surface area (Å²) in [5, 5.41) is 4.74. The van der Waals surface area contributed by atoms with E-state index in [2.05, 4.69) is 53.3 Å². The fraction of sp³-hybridized carbons (Fsp3) is 0.438. The molecular weight excluding hydrogens is 332 g/mol. The van der Waals surface area contributed by atoms with Gasteiger partial charge in [-0.15, -0.1) is 11.3 Å². The summed E-state index contributed by atoms with van der Waals surface area (Å²) in [5.74, 6) is 0. The molecule has 20 heavy (non-hydrogen) atoms. The number of hydrogen-bond acceptors (Lipinski definition) is 3. The molecule has 3 rings (SSSR count). The molecule has 0 saturated carbocycles. The normalized spacial score (nSPS) is 18.1. The zero-order chi connectivity index (χ0) is 14.1. The minimum Gasteiger partial charge on any atom is -0.309 e. The van der Waals surface area contributed by atoms with E-state index in [1.54, 1.807) is 0 Å². The molecule has 2 nitrogen and oxygen atoms in total. The summed E-state index contributed by atoms with van der Waals surface area (Å²) in [7, 11) is 0. The van der Waals surface area contributed by atoms with E-state index in [0.717, 1.165) is 22.4 Å². The Hall–Kier alpha value is -0.710. The Morgan fingerprint density at radius 3 is 3.05 bits per heavy atom. The molecule has 0 fully saturated rings. The van der Waals surface area contributed by atoms with Crippen molar-refractivity contribution in [1.29, 1.82) is 0 Å². The molecule has 2 aromatic rings. The van der Waals surface area contributed by atoms with E-state index in [1.807, 2.05) is 11.3 Å². The van der Waals surface area contributed by atoms with Gasteiger partial charge in [-0.2, -0.15) is 0 Å². The minimum atomic E-state index is 0.504. The molecule has 0 bridgehead atoms. The molecule has 1 unspecified atom stereocenters. The molecule has 0 saturated heterocycles. The number of thiazole rings is 1. The van der Waals surface area contributed by atoms with Crippen molar-refractivity contribution in [3.8, 4) is 10.6 Å². The minimum absolute atomic E-state index is 0.504. The van der Waals surface area contributed by atoms with Crippen molar-refractivity contribution in [3.05, 3.63) is 38.8 Å². The van der Waals surface area contributed by atoms with Gasteiger partial charge in [0.1, 0.15) is 5.01 Å². The highest BCUT2D eigenvalue weighted by atomic mass is 79.9. The predicted octanol–water partition coefficient (Wildman–Crippen LogP) is 4.87. The van der Waals surface area contributed by atoms with Gasteiger partial charge in [-0.05, 0) is 44.4 Å². The van der Waals surface area contributed by atoms with E-state index >= 15 is 0 Å². The second kappa shape index (κ2) is 5.96. The standard InChI is InChI=1S/C16H19BrN2S/c1-3-18-13-5-4-6-14-15(13)20-16(19-14)11-8-7-10(2)12(17)9-11/h7-9,13,18H,3-6H2,1-2H3. The highest BCUT2D eigenvalue weighted by Crippen LogP contribution is 2.38. The van der Waals surface area contributed by atoms with Gasteiger partial charge in [0.25, 0.3) is 0 Å². The number of hydrogen-bond donors (Lipinski definition) is 1.